The Kier molecular flexibility index (Phi) is 4.69. The molecule has 2 aromatic carbocycles. The minimum atomic E-state index is -0.639. The number of benzene rings is 2. The quantitative estimate of drug-likeness (QED) is 0.648. The zero-order valence-corrected chi connectivity index (χ0v) is 15.3. The van der Waals surface area contributed by atoms with E-state index >= 15 is 0 Å². The minimum Gasteiger partial charge on any atom is -0.505 e. The Bertz CT molecular complexity index is 1090. The van der Waals surface area contributed by atoms with Crippen LogP contribution in [0, 0.1) is 0 Å². The maximum atomic E-state index is 12.7. The smallest absolute Gasteiger partial charge is 0.284 e. The number of aliphatic imine (C=N–C) groups is 1. The summed E-state index contributed by atoms with van der Waals surface area (Å²) in [6.07, 6.45) is 1.14. The number of thiophene rings is 1. The lowest BCUT2D eigenvalue weighted by Crippen LogP contribution is -2.13. The molecule has 1 N–H and O–H groups in total. The number of carbonyl (C=O) groups is 2. The van der Waals surface area contributed by atoms with Crippen LogP contribution >= 0.6 is 11.3 Å². The van der Waals surface area contributed by atoms with Crippen molar-refractivity contribution in [3.8, 4) is 0 Å². The number of fused-ring (bicyclic) bond motifs is 1. The van der Waals surface area contributed by atoms with Crippen LogP contribution in [-0.4, -0.2) is 22.5 Å². The van der Waals surface area contributed by atoms with Crippen molar-refractivity contribution < 1.29 is 14.7 Å². The first kappa shape index (κ1) is 17.4. The Morgan fingerprint density at radius 2 is 1.74 bits per heavy atom. The molecule has 1 aromatic heterocycles. The predicted octanol–water partition coefficient (Wildman–Crippen LogP) is 4.44. The average Bonchev–Trinajstić information content (AvgIpc) is 3.21. The number of rotatable bonds is 6. The van der Waals surface area contributed by atoms with Gasteiger partial charge in [0, 0.05) is 11.1 Å². The highest BCUT2D eigenvalue weighted by Gasteiger charge is 2.31. The molecule has 5 heteroatoms. The number of aliphatic hydroxyl groups excluding tert-OH is 1. The third kappa shape index (κ3) is 3.46. The number of hydrogen-bond acceptors (Lipinski definition) is 4. The van der Waals surface area contributed by atoms with Crippen molar-refractivity contribution in [2.45, 2.75) is 19.3 Å². The second-order valence-corrected chi connectivity index (χ2v) is 7.34. The molecule has 2 heterocycles. The van der Waals surface area contributed by atoms with Crippen LogP contribution in [0.25, 0.3) is 10.1 Å². The van der Waals surface area contributed by atoms with Gasteiger partial charge in [-0.15, -0.1) is 11.3 Å². The van der Waals surface area contributed by atoms with Gasteiger partial charge in [-0.25, -0.2) is 4.99 Å². The van der Waals surface area contributed by atoms with Gasteiger partial charge in [0.15, 0.2) is 11.5 Å². The second-order valence-electron chi connectivity index (χ2n) is 6.43. The highest BCUT2D eigenvalue weighted by atomic mass is 32.1. The van der Waals surface area contributed by atoms with Crippen LogP contribution in [-0.2, 0) is 22.4 Å². The minimum absolute atomic E-state index is 0.0800. The first-order valence-electron chi connectivity index (χ1n) is 8.71. The van der Waals surface area contributed by atoms with Gasteiger partial charge in [-0.05, 0) is 40.8 Å². The lowest BCUT2D eigenvalue weighted by molar-refractivity contribution is -0.120. The van der Waals surface area contributed by atoms with Crippen molar-refractivity contribution in [3.05, 3.63) is 82.4 Å². The summed E-state index contributed by atoms with van der Waals surface area (Å²) in [5, 5.41) is 13.4. The molecule has 3 aromatic rings. The topological polar surface area (TPSA) is 66.7 Å². The maximum Gasteiger partial charge on any atom is 0.284 e. The molecule has 0 spiro atoms. The standard InChI is InChI=1S/C22H17NO3S/c24-18(12-15-13-27-19-9-5-4-8-16(15)19)20-21(25)17(23-22(20)26)11-10-14-6-2-1-3-7-14/h1-9,13,25H,10-12H2. The summed E-state index contributed by atoms with van der Waals surface area (Å²) in [7, 11) is 0. The molecule has 0 saturated carbocycles. The van der Waals surface area contributed by atoms with E-state index in [-0.39, 0.29) is 23.5 Å². The van der Waals surface area contributed by atoms with E-state index in [4.69, 9.17) is 0 Å². The Labute approximate surface area is 160 Å². The molecule has 27 heavy (non-hydrogen) atoms. The lowest BCUT2D eigenvalue weighted by Gasteiger charge is -2.03. The van der Waals surface area contributed by atoms with Gasteiger partial charge >= 0.3 is 0 Å². The molecule has 134 valence electrons. The molecular formula is C22H17NO3S. The maximum absolute atomic E-state index is 12.7. The summed E-state index contributed by atoms with van der Waals surface area (Å²) in [5.41, 5.74) is 2.06. The number of nitrogens with zero attached hydrogens (tertiary/aromatic N) is 1. The number of allylic oxidation sites excluding steroid dienone is 1. The SMILES string of the molecule is O=C(Cc1csc2ccccc12)C1=C(O)C(CCc2ccccc2)=NC1=O. The van der Waals surface area contributed by atoms with Crippen molar-refractivity contribution in [1.82, 2.24) is 0 Å². The molecule has 0 unspecified atom stereocenters. The van der Waals surface area contributed by atoms with Gasteiger partial charge in [0.05, 0.1) is 5.71 Å². The first-order chi connectivity index (χ1) is 13.1. The van der Waals surface area contributed by atoms with Gasteiger partial charge < -0.3 is 5.11 Å². The molecule has 4 rings (SSSR count). The van der Waals surface area contributed by atoms with E-state index in [1.807, 2.05) is 60.0 Å². The summed E-state index contributed by atoms with van der Waals surface area (Å²) >= 11 is 1.56. The van der Waals surface area contributed by atoms with Gasteiger partial charge in [-0.1, -0.05) is 48.5 Å². The predicted molar refractivity (Wildman–Crippen MR) is 107 cm³/mol. The zero-order chi connectivity index (χ0) is 18.8. The van der Waals surface area contributed by atoms with Gasteiger partial charge in [0.1, 0.15) is 5.57 Å². The van der Waals surface area contributed by atoms with E-state index in [0.29, 0.717) is 18.6 Å². The van der Waals surface area contributed by atoms with Crippen molar-refractivity contribution in [2.75, 3.05) is 0 Å². The van der Waals surface area contributed by atoms with Crippen LogP contribution in [0.15, 0.2) is 76.3 Å². The molecule has 1 aliphatic rings. The van der Waals surface area contributed by atoms with Crippen LogP contribution in [0.4, 0.5) is 0 Å². The monoisotopic (exact) mass is 375 g/mol. The molecule has 0 saturated heterocycles. The Balaban J connectivity index is 1.51. The zero-order valence-electron chi connectivity index (χ0n) is 14.5. The average molecular weight is 375 g/mol. The molecule has 1 aliphatic heterocycles. The molecule has 1 amide bonds. The number of carbonyl (C=O) groups excluding carboxylic acids is 2. The van der Waals surface area contributed by atoms with Crippen LogP contribution in [0.1, 0.15) is 17.5 Å². The molecule has 4 nitrogen and oxygen atoms in total. The fraction of sp³-hybridized carbons (Fsp3) is 0.136. The van der Waals surface area contributed by atoms with Crippen molar-refractivity contribution >= 4 is 38.8 Å². The number of aliphatic hydroxyl groups is 1. The third-order valence-corrected chi connectivity index (χ3v) is 5.66. The second kappa shape index (κ2) is 7.29. The number of amides is 1. The van der Waals surface area contributed by atoms with E-state index < -0.39 is 5.91 Å². The van der Waals surface area contributed by atoms with Crippen molar-refractivity contribution in [3.63, 3.8) is 0 Å². The molecule has 0 aliphatic carbocycles. The fourth-order valence-electron chi connectivity index (χ4n) is 3.24. The van der Waals surface area contributed by atoms with E-state index in [1.54, 1.807) is 11.3 Å². The summed E-state index contributed by atoms with van der Waals surface area (Å²) in [6.45, 7) is 0. The van der Waals surface area contributed by atoms with Crippen molar-refractivity contribution in [2.24, 2.45) is 4.99 Å². The van der Waals surface area contributed by atoms with Crippen LogP contribution in [0.2, 0.25) is 0 Å². The Morgan fingerprint density at radius 1 is 1.00 bits per heavy atom. The van der Waals surface area contributed by atoms with Crippen LogP contribution in [0.3, 0.4) is 0 Å². The first-order valence-corrected chi connectivity index (χ1v) is 9.59. The van der Waals surface area contributed by atoms with Crippen molar-refractivity contribution in [1.29, 1.82) is 0 Å². The number of hydrogen-bond donors (Lipinski definition) is 1. The molecule has 0 fully saturated rings. The summed E-state index contributed by atoms with van der Waals surface area (Å²) in [5.74, 6) is -1.29. The van der Waals surface area contributed by atoms with E-state index in [2.05, 4.69) is 4.99 Å². The molecule has 0 radical (unpaired) electrons. The van der Waals surface area contributed by atoms with Crippen LogP contribution < -0.4 is 0 Å². The molecular weight excluding hydrogens is 358 g/mol. The van der Waals surface area contributed by atoms with Gasteiger partial charge in [-0.3, -0.25) is 9.59 Å². The summed E-state index contributed by atoms with van der Waals surface area (Å²) in [6, 6.07) is 17.6. The number of ketones is 1. The van der Waals surface area contributed by atoms with E-state index in [9.17, 15) is 14.7 Å². The summed E-state index contributed by atoms with van der Waals surface area (Å²) in [4.78, 5) is 28.8. The molecule has 0 bridgehead atoms. The number of aryl methyl sites for hydroxylation is 1. The van der Waals surface area contributed by atoms with Gasteiger partial charge in [0.2, 0.25) is 0 Å². The molecule has 0 atom stereocenters. The van der Waals surface area contributed by atoms with Gasteiger partial charge in [-0.2, -0.15) is 0 Å². The van der Waals surface area contributed by atoms with E-state index in [1.165, 1.54) is 0 Å². The Morgan fingerprint density at radius 3 is 2.56 bits per heavy atom. The highest BCUT2D eigenvalue weighted by molar-refractivity contribution is 7.17. The number of Topliss-reactive ketones (excluding diaryl/α,β-unsaturated/α-hetero) is 1. The largest absolute Gasteiger partial charge is 0.505 e. The van der Waals surface area contributed by atoms with Gasteiger partial charge in [0.25, 0.3) is 5.91 Å². The Hall–Kier alpha value is -3.05. The summed E-state index contributed by atoms with van der Waals surface area (Å²) < 4.78 is 1.09. The van der Waals surface area contributed by atoms with E-state index in [0.717, 1.165) is 21.2 Å². The fourth-order valence-corrected chi connectivity index (χ4v) is 4.20. The normalized spacial score (nSPS) is 14.1. The third-order valence-electron chi connectivity index (χ3n) is 4.64. The highest BCUT2D eigenvalue weighted by Crippen LogP contribution is 2.28. The van der Waals surface area contributed by atoms with Crippen LogP contribution in [0.5, 0.6) is 0 Å². The lowest BCUT2D eigenvalue weighted by atomic mass is 10.00.